The normalized spacial score (nSPS) is 34.3. The van der Waals surface area contributed by atoms with Gasteiger partial charge in [0.25, 0.3) is 0 Å². The number of aliphatic hydroxyl groups is 2. The number of aromatic nitrogens is 1. The molecule has 1 aromatic heterocycles. The molecule has 0 spiro atoms. The average Bonchev–Trinajstić information content (AvgIpc) is 2.50. The third kappa shape index (κ3) is 4.14. The molecule has 2 saturated carbocycles. The number of hydrogen-bond acceptors (Lipinski definition) is 5. The van der Waals surface area contributed by atoms with Crippen LogP contribution in [0.3, 0.4) is 0 Å². The lowest BCUT2D eigenvalue weighted by atomic mass is 9.58. The van der Waals surface area contributed by atoms with Crippen LogP contribution in [0.1, 0.15) is 64.9 Å². The third-order valence-electron chi connectivity index (χ3n) is 6.27. The smallest absolute Gasteiger partial charge is 0.139 e. The van der Waals surface area contributed by atoms with E-state index >= 15 is 0 Å². The van der Waals surface area contributed by atoms with Crippen molar-refractivity contribution >= 4 is 11.6 Å². The second-order valence-corrected chi connectivity index (χ2v) is 10.0. The molecule has 5 heteroatoms. The number of nitrogens with zero attached hydrogens (tertiary/aromatic N) is 1. The van der Waals surface area contributed by atoms with Crippen LogP contribution < -0.4 is 0 Å². The number of rotatable bonds is 3. The van der Waals surface area contributed by atoms with Gasteiger partial charge < -0.3 is 10.2 Å². The van der Waals surface area contributed by atoms with Gasteiger partial charge >= 0.3 is 0 Å². The summed E-state index contributed by atoms with van der Waals surface area (Å²) in [6.07, 6.45) is 3.38. The molecule has 148 valence electrons. The summed E-state index contributed by atoms with van der Waals surface area (Å²) in [5, 5.41) is 21.8. The van der Waals surface area contributed by atoms with Crippen LogP contribution in [0, 0.1) is 22.7 Å². The third-order valence-corrected chi connectivity index (χ3v) is 6.27. The molecule has 0 aromatic carbocycles. The Morgan fingerprint density at radius 2 is 1.30 bits per heavy atom. The van der Waals surface area contributed by atoms with E-state index in [-0.39, 0.29) is 22.4 Å². The monoisotopic (exact) mass is 373 g/mol. The highest BCUT2D eigenvalue weighted by Crippen LogP contribution is 2.49. The Labute approximate surface area is 161 Å². The number of hydrogen-bond donors (Lipinski definition) is 2. The maximum atomic E-state index is 13.0. The SMILES string of the molecule is CC1(C)CC(=O)[C@@H](C(c2ccncc2)[C@H]2C(=O)CC(C)(C)C[C@@H]2O)[C@H](O)C1. The van der Waals surface area contributed by atoms with E-state index in [1.54, 1.807) is 24.5 Å². The van der Waals surface area contributed by atoms with Crippen molar-refractivity contribution in [3.63, 3.8) is 0 Å². The van der Waals surface area contributed by atoms with Gasteiger partial charge in [0.05, 0.1) is 24.0 Å². The van der Waals surface area contributed by atoms with E-state index < -0.39 is 30.0 Å². The summed E-state index contributed by atoms with van der Waals surface area (Å²) in [5.74, 6) is -1.92. The first-order valence-corrected chi connectivity index (χ1v) is 9.82. The highest BCUT2D eigenvalue weighted by molar-refractivity contribution is 5.88. The summed E-state index contributed by atoms with van der Waals surface area (Å²) in [4.78, 5) is 30.1. The Morgan fingerprint density at radius 3 is 1.67 bits per heavy atom. The molecule has 1 aromatic rings. The van der Waals surface area contributed by atoms with Crippen molar-refractivity contribution in [1.82, 2.24) is 4.98 Å². The minimum Gasteiger partial charge on any atom is -0.392 e. The Kier molecular flexibility index (Phi) is 5.30. The lowest BCUT2D eigenvalue weighted by molar-refractivity contribution is -0.144. The highest BCUT2D eigenvalue weighted by Gasteiger charge is 2.51. The standard InChI is InChI=1S/C22H31NO4/c1-21(2)9-14(24)19(15(25)10-21)18(13-5-7-23-8-6-13)20-16(26)11-22(3,4)12-17(20)27/h5-8,14,16,18-20,24,26H,9-12H2,1-4H3/t14-,16+,18?,19+,20-. The number of Topliss-reactive ketones (excluding diaryl/α,β-unsaturated/α-hetero) is 2. The largest absolute Gasteiger partial charge is 0.392 e. The van der Waals surface area contributed by atoms with Crippen LogP contribution in [0.4, 0.5) is 0 Å². The van der Waals surface area contributed by atoms with Gasteiger partial charge in [-0.1, -0.05) is 27.7 Å². The van der Waals surface area contributed by atoms with E-state index in [0.29, 0.717) is 25.7 Å². The summed E-state index contributed by atoms with van der Waals surface area (Å²) < 4.78 is 0. The zero-order valence-corrected chi connectivity index (χ0v) is 16.7. The zero-order valence-electron chi connectivity index (χ0n) is 16.7. The Bertz CT molecular complexity index is 670. The van der Waals surface area contributed by atoms with Crippen molar-refractivity contribution < 1.29 is 19.8 Å². The van der Waals surface area contributed by atoms with Gasteiger partial charge in [-0.3, -0.25) is 14.6 Å². The van der Waals surface area contributed by atoms with Gasteiger partial charge in [-0.25, -0.2) is 0 Å². The van der Waals surface area contributed by atoms with Crippen LogP contribution >= 0.6 is 0 Å². The van der Waals surface area contributed by atoms with E-state index in [1.165, 1.54) is 0 Å². The van der Waals surface area contributed by atoms with Gasteiger partial charge in [0.15, 0.2) is 0 Å². The van der Waals surface area contributed by atoms with E-state index in [0.717, 1.165) is 5.56 Å². The lowest BCUT2D eigenvalue weighted by Crippen LogP contribution is -2.51. The fourth-order valence-corrected chi connectivity index (χ4v) is 5.24. The number of carbonyl (C=O) groups excluding carboxylic acids is 2. The van der Waals surface area contributed by atoms with Gasteiger partial charge in [-0.2, -0.15) is 0 Å². The van der Waals surface area contributed by atoms with E-state index in [9.17, 15) is 19.8 Å². The highest BCUT2D eigenvalue weighted by atomic mass is 16.3. The van der Waals surface area contributed by atoms with Crippen LogP contribution in [0.15, 0.2) is 24.5 Å². The molecule has 0 aliphatic heterocycles. The quantitative estimate of drug-likeness (QED) is 0.851. The first-order chi connectivity index (χ1) is 12.5. The molecule has 0 saturated heterocycles. The Morgan fingerprint density at radius 1 is 0.889 bits per heavy atom. The van der Waals surface area contributed by atoms with Gasteiger partial charge in [-0.05, 0) is 41.4 Å². The van der Waals surface area contributed by atoms with Crippen molar-refractivity contribution in [3.8, 4) is 0 Å². The molecule has 27 heavy (non-hydrogen) atoms. The lowest BCUT2D eigenvalue weighted by Gasteiger charge is -2.46. The fourth-order valence-electron chi connectivity index (χ4n) is 5.24. The summed E-state index contributed by atoms with van der Waals surface area (Å²) in [7, 11) is 0. The van der Waals surface area contributed by atoms with Crippen molar-refractivity contribution in [1.29, 1.82) is 0 Å². The van der Waals surface area contributed by atoms with Crippen LogP contribution in [0.2, 0.25) is 0 Å². The zero-order chi connectivity index (χ0) is 20.0. The van der Waals surface area contributed by atoms with Gasteiger partial charge in [-0.15, -0.1) is 0 Å². The molecule has 2 N–H and O–H groups in total. The second kappa shape index (κ2) is 7.10. The van der Waals surface area contributed by atoms with Crippen molar-refractivity contribution in [2.75, 3.05) is 0 Å². The molecule has 2 fully saturated rings. The summed E-state index contributed by atoms with van der Waals surface area (Å²) in [5.41, 5.74) is 0.277. The van der Waals surface area contributed by atoms with Crippen LogP contribution in [-0.4, -0.2) is 39.0 Å². The predicted octanol–water partition coefficient (Wildman–Crippen LogP) is 2.90. The minimum absolute atomic E-state index is 0.0228. The molecule has 2 aliphatic rings. The maximum Gasteiger partial charge on any atom is 0.139 e. The van der Waals surface area contributed by atoms with E-state index in [4.69, 9.17) is 0 Å². The minimum atomic E-state index is -0.825. The molecular formula is C22H31NO4. The number of carbonyl (C=O) groups is 2. The maximum absolute atomic E-state index is 13.0. The predicted molar refractivity (Wildman–Crippen MR) is 102 cm³/mol. The molecule has 0 amide bonds. The van der Waals surface area contributed by atoms with Gasteiger partial charge in [0.2, 0.25) is 0 Å². The number of ketones is 2. The van der Waals surface area contributed by atoms with Crippen molar-refractivity contribution in [3.05, 3.63) is 30.1 Å². The molecule has 1 heterocycles. The summed E-state index contributed by atoms with van der Waals surface area (Å²) >= 11 is 0. The van der Waals surface area contributed by atoms with Crippen LogP contribution in [-0.2, 0) is 9.59 Å². The summed E-state index contributed by atoms with van der Waals surface area (Å²) in [6.45, 7) is 7.92. The van der Waals surface area contributed by atoms with Crippen molar-refractivity contribution in [2.45, 2.75) is 71.5 Å². The second-order valence-electron chi connectivity index (χ2n) is 10.0. The average molecular weight is 373 g/mol. The Balaban J connectivity index is 2.03. The number of aliphatic hydroxyl groups excluding tert-OH is 2. The molecule has 5 atom stereocenters. The van der Waals surface area contributed by atoms with Gasteiger partial charge in [0.1, 0.15) is 11.6 Å². The van der Waals surface area contributed by atoms with Crippen LogP contribution in [0.5, 0.6) is 0 Å². The van der Waals surface area contributed by atoms with E-state index in [2.05, 4.69) is 4.98 Å². The molecule has 1 unspecified atom stereocenters. The number of pyridine rings is 1. The molecule has 2 aliphatic carbocycles. The first kappa shape index (κ1) is 20.2. The first-order valence-electron chi connectivity index (χ1n) is 9.82. The molecule has 5 nitrogen and oxygen atoms in total. The molecule has 0 bridgehead atoms. The van der Waals surface area contributed by atoms with Gasteiger partial charge in [0, 0.05) is 31.2 Å². The molecule has 0 radical (unpaired) electrons. The summed E-state index contributed by atoms with van der Waals surface area (Å²) in [6, 6.07) is 3.59. The molecular weight excluding hydrogens is 342 g/mol. The van der Waals surface area contributed by atoms with Crippen molar-refractivity contribution in [2.24, 2.45) is 22.7 Å². The van der Waals surface area contributed by atoms with E-state index in [1.807, 2.05) is 27.7 Å². The topological polar surface area (TPSA) is 87.5 Å². The molecule has 3 rings (SSSR count). The Hall–Kier alpha value is -1.59. The van der Waals surface area contributed by atoms with Crippen LogP contribution in [0.25, 0.3) is 0 Å². The fraction of sp³-hybridized carbons (Fsp3) is 0.682.